The van der Waals surface area contributed by atoms with Gasteiger partial charge in [0, 0.05) is 22.9 Å². The van der Waals surface area contributed by atoms with Crippen LogP contribution in [0.1, 0.15) is 43.0 Å². The maximum atomic E-state index is 12.4. The van der Waals surface area contributed by atoms with Gasteiger partial charge in [0.15, 0.2) is 0 Å². The zero-order chi connectivity index (χ0) is 20.6. The van der Waals surface area contributed by atoms with E-state index in [0.717, 1.165) is 25.7 Å². The van der Waals surface area contributed by atoms with E-state index in [1.165, 1.54) is 12.1 Å². The van der Waals surface area contributed by atoms with Gasteiger partial charge in [0.05, 0.1) is 6.61 Å². The van der Waals surface area contributed by atoms with E-state index in [-0.39, 0.29) is 24.3 Å². The summed E-state index contributed by atoms with van der Waals surface area (Å²) in [4.78, 5) is 35.8. The molecule has 0 heterocycles. The van der Waals surface area contributed by atoms with Gasteiger partial charge < -0.3 is 20.1 Å². The number of amides is 2. The van der Waals surface area contributed by atoms with Crippen LogP contribution in [0.3, 0.4) is 0 Å². The highest BCUT2D eigenvalue weighted by Crippen LogP contribution is 2.26. The van der Waals surface area contributed by atoms with Crippen molar-refractivity contribution in [1.29, 1.82) is 0 Å². The largest absolute Gasteiger partial charge is 0.513 e. The van der Waals surface area contributed by atoms with E-state index < -0.39 is 6.16 Å². The summed E-state index contributed by atoms with van der Waals surface area (Å²) in [6.45, 7) is 1.91. The van der Waals surface area contributed by atoms with Gasteiger partial charge in [0.2, 0.25) is 5.91 Å². The molecule has 152 valence electrons. The molecule has 0 aromatic heterocycles. The number of hydrogen-bond acceptors (Lipinski definition) is 5. The number of carbonyl (C=O) groups is 3. The first-order chi connectivity index (χ1) is 14.0. The van der Waals surface area contributed by atoms with Gasteiger partial charge in [-0.15, -0.1) is 0 Å². The minimum absolute atomic E-state index is 0.0596. The summed E-state index contributed by atoms with van der Waals surface area (Å²) in [5.41, 5.74) is 1.74. The van der Waals surface area contributed by atoms with E-state index in [2.05, 4.69) is 10.6 Å². The first-order valence-electron chi connectivity index (χ1n) is 9.72. The molecule has 1 saturated carbocycles. The molecule has 7 heteroatoms. The molecule has 0 saturated heterocycles. The number of benzene rings is 2. The third-order valence-electron chi connectivity index (χ3n) is 4.72. The van der Waals surface area contributed by atoms with E-state index in [9.17, 15) is 14.4 Å². The summed E-state index contributed by atoms with van der Waals surface area (Å²) < 4.78 is 9.66. The topological polar surface area (TPSA) is 93.7 Å². The SMILES string of the molecule is CCOC(=O)Oc1ccc(C(=O)Nc2ccc(NC(=O)C3CCCC3)cc2)cc1. The minimum Gasteiger partial charge on any atom is -0.434 e. The highest BCUT2D eigenvalue weighted by atomic mass is 16.7. The Hall–Kier alpha value is -3.35. The first-order valence-corrected chi connectivity index (χ1v) is 9.72. The number of rotatable bonds is 6. The third-order valence-corrected chi connectivity index (χ3v) is 4.72. The standard InChI is InChI=1S/C22H24N2O5/c1-2-28-22(27)29-19-13-7-16(8-14-19)21(26)24-18-11-9-17(10-12-18)23-20(25)15-5-3-4-6-15/h7-15H,2-6H2,1H3,(H,23,25)(H,24,26). The van der Waals surface area contributed by atoms with Gasteiger partial charge in [-0.25, -0.2) is 4.79 Å². The molecule has 0 spiro atoms. The molecule has 2 amide bonds. The number of ether oxygens (including phenoxy) is 2. The van der Waals surface area contributed by atoms with Crippen LogP contribution in [0, 0.1) is 5.92 Å². The molecule has 1 fully saturated rings. The Balaban J connectivity index is 1.53. The Morgan fingerprint density at radius 3 is 2.07 bits per heavy atom. The summed E-state index contributed by atoms with van der Waals surface area (Å²) >= 11 is 0. The fourth-order valence-corrected chi connectivity index (χ4v) is 3.19. The predicted molar refractivity (Wildman–Crippen MR) is 109 cm³/mol. The van der Waals surface area contributed by atoms with Crippen molar-refractivity contribution in [2.45, 2.75) is 32.6 Å². The second-order valence-corrected chi connectivity index (χ2v) is 6.81. The van der Waals surface area contributed by atoms with E-state index in [4.69, 9.17) is 9.47 Å². The van der Waals surface area contributed by atoms with Gasteiger partial charge in [0.25, 0.3) is 5.91 Å². The molecule has 0 unspecified atom stereocenters. The molecule has 0 radical (unpaired) electrons. The van der Waals surface area contributed by atoms with Crippen molar-refractivity contribution in [1.82, 2.24) is 0 Å². The van der Waals surface area contributed by atoms with Gasteiger partial charge in [-0.2, -0.15) is 0 Å². The summed E-state index contributed by atoms with van der Waals surface area (Å²) in [6.07, 6.45) is 3.33. The molecule has 1 aliphatic carbocycles. The fourth-order valence-electron chi connectivity index (χ4n) is 3.19. The Morgan fingerprint density at radius 1 is 0.897 bits per heavy atom. The van der Waals surface area contributed by atoms with Crippen molar-refractivity contribution in [2.24, 2.45) is 5.92 Å². The van der Waals surface area contributed by atoms with Crippen LogP contribution in [0.15, 0.2) is 48.5 Å². The molecule has 0 aliphatic heterocycles. The van der Waals surface area contributed by atoms with E-state index in [1.807, 2.05) is 0 Å². The average Bonchev–Trinajstić information content (AvgIpc) is 3.25. The van der Waals surface area contributed by atoms with Crippen LogP contribution in [0.5, 0.6) is 5.75 Å². The van der Waals surface area contributed by atoms with Gasteiger partial charge in [-0.3, -0.25) is 9.59 Å². The molecular weight excluding hydrogens is 372 g/mol. The maximum absolute atomic E-state index is 12.4. The van der Waals surface area contributed by atoms with E-state index in [1.54, 1.807) is 43.3 Å². The Morgan fingerprint density at radius 2 is 1.48 bits per heavy atom. The van der Waals surface area contributed by atoms with Crippen LogP contribution < -0.4 is 15.4 Å². The number of anilines is 2. The smallest absolute Gasteiger partial charge is 0.434 e. The third kappa shape index (κ3) is 5.81. The van der Waals surface area contributed by atoms with Crippen LogP contribution >= 0.6 is 0 Å². The fraction of sp³-hybridized carbons (Fsp3) is 0.318. The first kappa shape index (κ1) is 20.4. The maximum Gasteiger partial charge on any atom is 0.513 e. The highest BCUT2D eigenvalue weighted by Gasteiger charge is 2.22. The number of nitrogens with one attached hydrogen (secondary N) is 2. The van der Waals surface area contributed by atoms with Crippen molar-refractivity contribution in [3.8, 4) is 5.75 Å². The molecule has 2 aromatic rings. The molecule has 7 nitrogen and oxygen atoms in total. The van der Waals surface area contributed by atoms with Crippen molar-refractivity contribution in [2.75, 3.05) is 17.2 Å². The van der Waals surface area contributed by atoms with Crippen molar-refractivity contribution in [3.63, 3.8) is 0 Å². The Kier molecular flexibility index (Phi) is 6.84. The van der Waals surface area contributed by atoms with Crippen molar-refractivity contribution >= 4 is 29.3 Å². The second-order valence-electron chi connectivity index (χ2n) is 6.81. The quantitative estimate of drug-likeness (QED) is 0.550. The van der Waals surface area contributed by atoms with Crippen LogP contribution in [0.4, 0.5) is 16.2 Å². The highest BCUT2D eigenvalue weighted by molar-refractivity contribution is 6.04. The molecule has 3 rings (SSSR count). The summed E-state index contributed by atoms with van der Waals surface area (Å²) in [5.74, 6) is 0.160. The van der Waals surface area contributed by atoms with Crippen LogP contribution in [-0.2, 0) is 9.53 Å². The lowest BCUT2D eigenvalue weighted by Gasteiger charge is -2.11. The van der Waals surface area contributed by atoms with Crippen LogP contribution in [-0.4, -0.2) is 24.6 Å². The van der Waals surface area contributed by atoms with Crippen molar-refractivity contribution in [3.05, 3.63) is 54.1 Å². The Labute approximate surface area is 169 Å². The molecule has 29 heavy (non-hydrogen) atoms. The number of hydrogen-bond donors (Lipinski definition) is 2. The minimum atomic E-state index is -0.787. The molecule has 1 aliphatic rings. The van der Waals surface area contributed by atoms with Gasteiger partial charge in [0.1, 0.15) is 5.75 Å². The summed E-state index contributed by atoms with van der Waals surface area (Å²) in [6, 6.07) is 13.2. The normalized spacial score (nSPS) is 13.6. The van der Waals surface area contributed by atoms with E-state index >= 15 is 0 Å². The van der Waals surface area contributed by atoms with Gasteiger partial charge in [-0.05, 0) is 68.3 Å². The zero-order valence-electron chi connectivity index (χ0n) is 16.3. The molecule has 0 atom stereocenters. The zero-order valence-corrected chi connectivity index (χ0v) is 16.3. The summed E-state index contributed by atoms with van der Waals surface area (Å²) in [7, 11) is 0. The molecule has 2 N–H and O–H groups in total. The predicted octanol–water partition coefficient (Wildman–Crippen LogP) is 4.60. The van der Waals surface area contributed by atoms with Crippen molar-refractivity contribution < 1.29 is 23.9 Å². The number of carbonyl (C=O) groups excluding carboxylic acids is 3. The van der Waals surface area contributed by atoms with Crippen LogP contribution in [0.25, 0.3) is 0 Å². The average molecular weight is 396 g/mol. The summed E-state index contributed by atoms with van der Waals surface area (Å²) in [5, 5.41) is 5.71. The Bertz CT molecular complexity index is 856. The second kappa shape index (κ2) is 9.73. The van der Waals surface area contributed by atoms with Gasteiger partial charge in [-0.1, -0.05) is 12.8 Å². The van der Waals surface area contributed by atoms with E-state index in [0.29, 0.717) is 22.7 Å². The van der Waals surface area contributed by atoms with Gasteiger partial charge >= 0.3 is 6.16 Å². The monoisotopic (exact) mass is 396 g/mol. The lowest BCUT2D eigenvalue weighted by Crippen LogP contribution is -2.20. The van der Waals surface area contributed by atoms with Crippen LogP contribution in [0.2, 0.25) is 0 Å². The molecule has 0 bridgehead atoms. The lowest BCUT2D eigenvalue weighted by molar-refractivity contribution is -0.119. The molecule has 2 aromatic carbocycles. The molecular formula is C22H24N2O5. The lowest BCUT2D eigenvalue weighted by atomic mass is 10.1.